The van der Waals surface area contributed by atoms with Crippen LogP contribution in [-0.2, 0) is 11.2 Å². The predicted octanol–water partition coefficient (Wildman–Crippen LogP) is 3.70. The van der Waals surface area contributed by atoms with Crippen LogP contribution in [0.5, 0.6) is 0 Å². The Labute approximate surface area is 175 Å². The van der Waals surface area contributed by atoms with Gasteiger partial charge in [-0.1, -0.05) is 12.8 Å². The van der Waals surface area contributed by atoms with Gasteiger partial charge in [-0.25, -0.2) is 0 Å². The Morgan fingerprint density at radius 3 is 2.73 bits per heavy atom. The second-order valence-electron chi connectivity index (χ2n) is 7.06. The van der Waals surface area contributed by atoms with E-state index in [0.717, 1.165) is 45.1 Å². The molecule has 0 unspecified atom stereocenters. The van der Waals surface area contributed by atoms with Gasteiger partial charge in [-0.15, -0.1) is 24.0 Å². The van der Waals surface area contributed by atoms with Gasteiger partial charge in [-0.2, -0.15) is 0 Å². The molecule has 1 aliphatic rings. The number of aliphatic imine (C=N–C) groups is 1. The molecule has 5 nitrogen and oxygen atoms in total. The molecule has 1 saturated carbocycles. The van der Waals surface area contributed by atoms with E-state index in [2.05, 4.69) is 40.5 Å². The van der Waals surface area contributed by atoms with Gasteiger partial charge in [0.2, 0.25) is 0 Å². The van der Waals surface area contributed by atoms with Crippen LogP contribution in [0.15, 0.2) is 23.5 Å². The van der Waals surface area contributed by atoms with Crippen molar-refractivity contribution < 1.29 is 4.74 Å². The number of nitrogens with one attached hydrogen (secondary N) is 2. The Bertz CT molecular complexity index is 544. The maximum atomic E-state index is 5.60. The van der Waals surface area contributed by atoms with Crippen LogP contribution in [0.2, 0.25) is 0 Å². The van der Waals surface area contributed by atoms with Crippen molar-refractivity contribution in [1.82, 2.24) is 15.6 Å². The predicted molar refractivity (Wildman–Crippen MR) is 119 cm³/mol. The van der Waals surface area contributed by atoms with Crippen LogP contribution in [0.1, 0.15) is 50.2 Å². The second kappa shape index (κ2) is 12.5. The lowest BCUT2D eigenvalue weighted by molar-refractivity contribution is 0.105. The summed E-state index contributed by atoms with van der Waals surface area (Å²) in [5, 5.41) is 6.99. The molecule has 1 aromatic rings. The standard InChI is InChI=1S/C20H34N4O.HI/c1-4-25-14-11-20(9-5-6-10-20)16-24-19(21-3)23-13-8-18-7-12-22-15-17(18)2;/h7,12,15H,4-6,8-11,13-14,16H2,1-3H3,(H2,21,23,24);1H. The van der Waals surface area contributed by atoms with E-state index in [9.17, 15) is 0 Å². The molecule has 0 bridgehead atoms. The molecule has 1 aliphatic carbocycles. The molecule has 1 fully saturated rings. The van der Waals surface area contributed by atoms with Crippen molar-refractivity contribution in [2.75, 3.05) is 33.4 Å². The van der Waals surface area contributed by atoms with Crippen LogP contribution >= 0.6 is 24.0 Å². The quantitative estimate of drug-likeness (QED) is 0.248. The van der Waals surface area contributed by atoms with Crippen molar-refractivity contribution >= 4 is 29.9 Å². The molecule has 0 atom stereocenters. The highest BCUT2D eigenvalue weighted by Crippen LogP contribution is 2.40. The molecule has 0 spiro atoms. The summed E-state index contributed by atoms with van der Waals surface area (Å²) >= 11 is 0. The Morgan fingerprint density at radius 1 is 1.31 bits per heavy atom. The van der Waals surface area contributed by atoms with Gasteiger partial charge in [0.25, 0.3) is 0 Å². The minimum Gasteiger partial charge on any atom is -0.382 e. The highest BCUT2D eigenvalue weighted by atomic mass is 127. The first-order valence-electron chi connectivity index (χ1n) is 9.61. The van der Waals surface area contributed by atoms with Gasteiger partial charge in [0.05, 0.1) is 0 Å². The van der Waals surface area contributed by atoms with Crippen molar-refractivity contribution in [3.63, 3.8) is 0 Å². The van der Waals surface area contributed by atoms with Gasteiger partial charge < -0.3 is 15.4 Å². The van der Waals surface area contributed by atoms with Gasteiger partial charge in [-0.3, -0.25) is 9.98 Å². The molecule has 26 heavy (non-hydrogen) atoms. The number of guanidine groups is 1. The molecule has 0 saturated heterocycles. The van der Waals surface area contributed by atoms with Crippen LogP contribution in [0.3, 0.4) is 0 Å². The van der Waals surface area contributed by atoms with Crippen LogP contribution in [0, 0.1) is 12.3 Å². The number of aryl methyl sites for hydroxylation is 1. The Balaban J connectivity index is 0.00000338. The topological polar surface area (TPSA) is 58.5 Å². The summed E-state index contributed by atoms with van der Waals surface area (Å²) in [5.74, 6) is 0.898. The fraction of sp³-hybridized carbons (Fsp3) is 0.700. The Kier molecular flexibility index (Phi) is 11.1. The molecule has 0 aromatic carbocycles. The summed E-state index contributed by atoms with van der Waals surface area (Å²) in [7, 11) is 1.84. The first kappa shape index (κ1) is 23.1. The first-order chi connectivity index (χ1) is 12.2. The van der Waals surface area contributed by atoms with Crippen LogP contribution in [0.4, 0.5) is 0 Å². The van der Waals surface area contributed by atoms with Crippen LogP contribution < -0.4 is 10.6 Å². The third kappa shape index (κ3) is 7.39. The monoisotopic (exact) mass is 474 g/mol. The zero-order valence-electron chi connectivity index (χ0n) is 16.5. The molecular weight excluding hydrogens is 439 g/mol. The molecule has 1 aromatic heterocycles. The maximum absolute atomic E-state index is 5.60. The van der Waals surface area contributed by atoms with E-state index in [4.69, 9.17) is 4.74 Å². The lowest BCUT2D eigenvalue weighted by atomic mass is 9.83. The van der Waals surface area contributed by atoms with Gasteiger partial charge in [0.15, 0.2) is 5.96 Å². The maximum Gasteiger partial charge on any atom is 0.191 e. The van der Waals surface area contributed by atoms with Crippen LogP contribution in [0.25, 0.3) is 0 Å². The van der Waals surface area contributed by atoms with Crippen LogP contribution in [-0.4, -0.2) is 44.3 Å². The fourth-order valence-corrected chi connectivity index (χ4v) is 3.66. The lowest BCUT2D eigenvalue weighted by Gasteiger charge is -2.30. The lowest BCUT2D eigenvalue weighted by Crippen LogP contribution is -2.44. The minimum atomic E-state index is 0. The number of rotatable bonds is 9. The van der Waals surface area contributed by atoms with E-state index in [1.807, 2.05) is 19.4 Å². The minimum absolute atomic E-state index is 0. The van der Waals surface area contributed by atoms with E-state index >= 15 is 0 Å². The summed E-state index contributed by atoms with van der Waals surface area (Å²) in [4.78, 5) is 8.53. The number of halogens is 1. The fourth-order valence-electron chi connectivity index (χ4n) is 3.66. The zero-order valence-corrected chi connectivity index (χ0v) is 18.8. The number of hydrogen-bond donors (Lipinski definition) is 2. The average molecular weight is 474 g/mol. The van der Waals surface area contributed by atoms with E-state index in [-0.39, 0.29) is 24.0 Å². The summed E-state index contributed by atoms with van der Waals surface area (Å²) in [5.41, 5.74) is 2.95. The first-order valence-corrected chi connectivity index (χ1v) is 9.61. The molecule has 1 heterocycles. The zero-order chi connectivity index (χ0) is 18.0. The van der Waals surface area contributed by atoms with Gasteiger partial charge in [0, 0.05) is 45.7 Å². The summed E-state index contributed by atoms with van der Waals surface area (Å²) in [6.07, 6.45) is 11.1. The smallest absolute Gasteiger partial charge is 0.191 e. The summed E-state index contributed by atoms with van der Waals surface area (Å²) in [6, 6.07) is 2.09. The van der Waals surface area contributed by atoms with Crippen molar-refractivity contribution in [1.29, 1.82) is 0 Å². The van der Waals surface area contributed by atoms with Gasteiger partial charge in [0.1, 0.15) is 0 Å². The summed E-state index contributed by atoms with van der Waals surface area (Å²) in [6.45, 7) is 7.70. The highest BCUT2D eigenvalue weighted by Gasteiger charge is 2.33. The molecule has 2 N–H and O–H groups in total. The largest absolute Gasteiger partial charge is 0.382 e. The van der Waals surface area contributed by atoms with E-state index in [1.54, 1.807) is 0 Å². The normalized spacial score (nSPS) is 16.2. The number of aromatic nitrogens is 1. The Hall–Kier alpha value is -0.890. The number of nitrogens with zero attached hydrogens (tertiary/aromatic N) is 2. The van der Waals surface area contributed by atoms with Crippen molar-refractivity contribution in [2.24, 2.45) is 10.4 Å². The molecule has 148 valence electrons. The molecular formula is C20H35IN4O. The molecule has 6 heteroatoms. The third-order valence-corrected chi connectivity index (χ3v) is 5.32. The second-order valence-corrected chi connectivity index (χ2v) is 7.06. The van der Waals surface area contributed by atoms with E-state index in [0.29, 0.717) is 5.41 Å². The van der Waals surface area contributed by atoms with Gasteiger partial charge >= 0.3 is 0 Å². The average Bonchev–Trinajstić information content (AvgIpc) is 3.09. The van der Waals surface area contributed by atoms with E-state index < -0.39 is 0 Å². The molecule has 0 amide bonds. The summed E-state index contributed by atoms with van der Waals surface area (Å²) < 4.78 is 5.60. The Morgan fingerprint density at radius 2 is 2.08 bits per heavy atom. The molecule has 2 rings (SSSR count). The van der Waals surface area contributed by atoms with Crippen molar-refractivity contribution in [3.05, 3.63) is 29.6 Å². The number of hydrogen-bond acceptors (Lipinski definition) is 3. The van der Waals surface area contributed by atoms with Crippen molar-refractivity contribution in [2.45, 2.75) is 52.4 Å². The van der Waals surface area contributed by atoms with Crippen molar-refractivity contribution in [3.8, 4) is 0 Å². The number of pyridine rings is 1. The third-order valence-electron chi connectivity index (χ3n) is 5.32. The SMILES string of the molecule is CCOCCC1(CNC(=NC)NCCc2ccncc2C)CCCC1.I. The van der Waals surface area contributed by atoms with Gasteiger partial charge in [-0.05, 0) is 62.1 Å². The van der Waals surface area contributed by atoms with E-state index in [1.165, 1.54) is 36.8 Å². The molecule has 0 aliphatic heterocycles. The highest BCUT2D eigenvalue weighted by molar-refractivity contribution is 14.0. The molecule has 0 radical (unpaired) electrons. The number of ether oxygens (including phenoxy) is 1.